The summed E-state index contributed by atoms with van der Waals surface area (Å²) in [6, 6.07) is 9.45. The summed E-state index contributed by atoms with van der Waals surface area (Å²) in [6.07, 6.45) is 3.35. The van der Waals surface area contributed by atoms with E-state index in [4.69, 9.17) is 9.47 Å². The molecule has 0 N–H and O–H groups in total. The average Bonchev–Trinajstić information content (AvgIpc) is 2.47. The Hall–Kier alpha value is -2.36. The highest BCUT2D eigenvalue weighted by Crippen LogP contribution is 2.23. The Labute approximate surface area is 118 Å². The number of rotatable bonds is 4. The van der Waals surface area contributed by atoms with Crippen LogP contribution in [0.3, 0.4) is 0 Å². The molecule has 2 aromatic rings. The van der Waals surface area contributed by atoms with E-state index in [1.54, 1.807) is 12.3 Å². The molecule has 0 atom stereocenters. The fraction of sp³-hybridized carbons (Fsp3) is 0.250. The molecule has 0 bridgehead atoms. The molecule has 0 unspecified atom stereocenters. The fourth-order valence-electron chi connectivity index (χ4n) is 1.83. The van der Waals surface area contributed by atoms with Gasteiger partial charge in [-0.05, 0) is 37.6 Å². The Morgan fingerprint density at radius 1 is 1.10 bits per heavy atom. The molecular formula is C16H17NO3. The predicted molar refractivity (Wildman–Crippen MR) is 76.8 cm³/mol. The number of hydrogen-bond donors (Lipinski definition) is 0. The Kier molecular flexibility index (Phi) is 4.35. The number of esters is 1. The maximum absolute atomic E-state index is 11.5. The van der Waals surface area contributed by atoms with Crippen LogP contribution in [0.4, 0.5) is 0 Å². The van der Waals surface area contributed by atoms with Gasteiger partial charge in [-0.25, -0.2) is 4.79 Å². The van der Waals surface area contributed by atoms with Crippen molar-refractivity contribution in [1.82, 2.24) is 4.98 Å². The highest BCUT2D eigenvalue weighted by molar-refractivity contribution is 5.90. The first-order valence-electron chi connectivity index (χ1n) is 6.40. The van der Waals surface area contributed by atoms with Crippen LogP contribution in [0.1, 0.15) is 24.2 Å². The molecule has 2 rings (SSSR count). The minimum absolute atomic E-state index is 0.144. The van der Waals surface area contributed by atoms with Crippen LogP contribution >= 0.6 is 0 Å². The molecule has 0 fully saturated rings. The quantitative estimate of drug-likeness (QED) is 0.800. The van der Waals surface area contributed by atoms with Crippen molar-refractivity contribution in [3.05, 3.63) is 48.3 Å². The molecule has 0 spiro atoms. The largest absolute Gasteiger partial charge is 0.491 e. The van der Waals surface area contributed by atoms with Gasteiger partial charge in [0.05, 0.1) is 18.8 Å². The standard InChI is InChI=1S/C16H17NO3/c1-11(2)20-15-6-4-12(5-7-15)13-8-14(10-17-9-13)16(18)19-3/h4-11H,1-3H3. The van der Waals surface area contributed by atoms with Crippen molar-refractivity contribution in [2.45, 2.75) is 20.0 Å². The van der Waals surface area contributed by atoms with Gasteiger partial charge in [0.15, 0.2) is 0 Å². The van der Waals surface area contributed by atoms with Crippen LogP contribution in [-0.2, 0) is 4.74 Å². The summed E-state index contributed by atoms with van der Waals surface area (Å²) < 4.78 is 10.3. The number of pyridine rings is 1. The summed E-state index contributed by atoms with van der Waals surface area (Å²) >= 11 is 0. The Morgan fingerprint density at radius 2 is 1.80 bits per heavy atom. The average molecular weight is 271 g/mol. The molecule has 1 aromatic heterocycles. The number of nitrogens with zero attached hydrogens (tertiary/aromatic N) is 1. The van der Waals surface area contributed by atoms with Gasteiger partial charge in [-0.15, -0.1) is 0 Å². The Bertz CT molecular complexity index is 591. The predicted octanol–water partition coefficient (Wildman–Crippen LogP) is 3.32. The van der Waals surface area contributed by atoms with Crippen molar-refractivity contribution < 1.29 is 14.3 Å². The van der Waals surface area contributed by atoms with Gasteiger partial charge in [-0.2, -0.15) is 0 Å². The molecule has 0 aliphatic rings. The van der Waals surface area contributed by atoms with Gasteiger partial charge in [-0.3, -0.25) is 4.98 Å². The summed E-state index contributed by atoms with van der Waals surface area (Å²) in [7, 11) is 1.35. The number of hydrogen-bond acceptors (Lipinski definition) is 4. The monoisotopic (exact) mass is 271 g/mol. The zero-order valence-electron chi connectivity index (χ0n) is 11.8. The van der Waals surface area contributed by atoms with Gasteiger partial charge in [0.25, 0.3) is 0 Å². The van der Waals surface area contributed by atoms with E-state index in [2.05, 4.69) is 4.98 Å². The molecule has 0 aliphatic carbocycles. The number of benzene rings is 1. The molecule has 1 aromatic carbocycles. The molecule has 4 nitrogen and oxygen atoms in total. The van der Waals surface area contributed by atoms with Crippen LogP contribution < -0.4 is 4.74 Å². The van der Waals surface area contributed by atoms with E-state index in [0.717, 1.165) is 16.9 Å². The maximum Gasteiger partial charge on any atom is 0.339 e. The number of carbonyl (C=O) groups is 1. The molecule has 0 saturated heterocycles. The molecule has 1 heterocycles. The van der Waals surface area contributed by atoms with E-state index >= 15 is 0 Å². The molecule has 20 heavy (non-hydrogen) atoms. The first kappa shape index (κ1) is 14.1. The Morgan fingerprint density at radius 3 is 2.40 bits per heavy atom. The molecule has 4 heteroatoms. The lowest BCUT2D eigenvalue weighted by molar-refractivity contribution is 0.0600. The van der Waals surface area contributed by atoms with Crippen molar-refractivity contribution in [3.8, 4) is 16.9 Å². The van der Waals surface area contributed by atoms with Crippen LogP contribution in [-0.4, -0.2) is 24.2 Å². The SMILES string of the molecule is COC(=O)c1cncc(-c2ccc(OC(C)C)cc2)c1. The van der Waals surface area contributed by atoms with Crippen LogP contribution in [0.25, 0.3) is 11.1 Å². The van der Waals surface area contributed by atoms with Crippen molar-refractivity contribution in [3.63, 3.8) is 0 Å². The second-order valence-electron chi connectivity index (χ2n) is 4.64. The molecule has 0 saturated carbocycles. The summed E-state index contributed by atoms with van der Waals surface area (Å²) in [5.41, 5.74) is 2.27. The van der Waals surface area contributed by atoms with Gasteiger partial charge in [-0.1, -0.05) is 12.1 Å². The third-order valence-corrected chi connectivity index (χ3v) is 2.72. The normalized spacial score (nSPS) is 10.4. The number of carbonyl (C=O) groups excluding carboxylic acids is 1. The molecule has 104 valence electrons. The van der Waals surface area contributed by atoms with E-state index < -0.39 is 0 Å². The highest BCUT2D eigenvalue weighted by atomic mass is 16.5. The van der Waals surface area contributed by atoms with Gasteiger partial charge in [0.1, 0.15) is 5.75 Å². The van der Waals surface area contributed by atoms with Crippen LogP contribution in [0.2, 0.25) is 0 Å². The lowest BCUT2D eigenvalue weighted by Gasteiger charge is -2.10. The van der Waals surface area contributed by atoms with E-state index in [-0.39, 0.29) is 12.1 Å². The minimum atomic E-state index is -0.390. The van der Waals surface area contributed by atoms with E-state index in [0.29, 0.717) is 5.56 Å². The number of ether oxygens (including phenoxy) is 2. The van der Waals surface area contributed by atoms with Gasteiger partial charge < -0.3 is 9.47 Å². The van der Waals surface area contributed by atoms with Crippen LogP contribution in [0, 0.1) is 0 Å². The van der Waals surface area contributed by atoms with E-state index in [9.17, 15) is 4.79 Å². The van der Waals surface area contributed by atoms with Crippen molar-refractivity contribution in [1.29, 1.82) is 0 Å². The minimum Gasteiger partial charge on any atom is -0.491 e. The zero-order chi connectivity index (χ0) is 14.5. The zero-order valence-corrected chi connectivity index (χ0v) is 11.8. The van der Waals surface area contributed by atoms with Gasteiger partial charge in [0, 0.05) is 18.0 Å². The van der Waals surface area contributed by atoms with E-state index in [1.165, 1.54) is 13.3 Å². The number of aromatic nitrogens is 1. The number of methoxy groups -OCH3 is 1. The van der Waals surface area contributed by atoms with Gasteiger partial charge in [0.2, 0.25) is 0 Å². The van der Waals surface area contributed by atoms with Crippen LogP contribution in [0.15, 0.2) is 42.7 Å². The summed E-state index contributed by atoms with van der Waals surface area (Å²) in [6.45, 7) is 3.97. The first-order chi connectivity index (χ1) is 9.60. The molecule has 0 aliphatic heterocycles. The topological polar surface area (TPSA) is 48.4 Å². The molecule has 0 radical (unpaired) electrons. The van der Waals surface area contributed by atoms with Crippen molar-refractivity contribution >= 4 is 5.97 Å². The molecular weight excluding hydrogens is 254 g/mol. The second kappa shape index (κ2) is 6.19. The third-order valence-electron chi connectivity index (χ3n) is 2.72. The second-order valence-corrected chi connectivity index (χ2v) is 4.64. The maximum atomic E-state index is 11.5. The lowest BCUT2D eigenvalue weighted by Crippen LogP contribution is -2.05. The van der Waals surface area contributed by atoms with Crippen molar-refractivity contribution in [2.75, 3.05) is 7.11 Å². The fourth-order valence-corrected chi connectivity index (χ4v) is 1.83. The highest BCUT2D eigenvalue weighted by Gasteiger charge is 2.08. The smallest absolute Gasteiger partial charge is 0.339 e. The summed E-state index contributed by atoms with van der Waals surface area (Å²) in [5.74, 6) is 0.431. The van der Waals surface area contributed by atoms with Crippen molar-refractivity contribution in [2.24, 2.45) is 0 Å². The Balaban J connectivity index is 2.25. The van der Waals surface area contributed by atoms with E-state index in [1.807, 2.05) is 38.1 Å². The summed E-state index contributed by atoms with van der Waals surface area (Å²) in [5, 5.41) is 0. The lowest BCUT2D eigenvalue weighted by atomic mass is 10.1. The first-order valence-corrected chi connectivity index (χ1v) is 6.40. The molecule has 0 amide bonds. The van der Waals surface area contributed by atoms with Crippen LogP contribution in [0.5, 0.6) is 5.75 Å². The third kappa shape index (κ3) is 3.35. The van der Waals surface area contributed by atoms with Gasteiger partial charge >= 0.3 is 5.97 Å². The summed E-state index contributed by atoms with van der Waals surface area (Å²) in [4.78, 5) is 15.6.